The number of fused-ring (bicyclic) bond motifs is 3. The average molecular weight is 443 g/mol. The number of methoxy groups -OCH3 is 2. The predicted molar refractivity (Wildman–Crippen MR) is 125 cm³/mol. The fourth-order valence-electron chi connectivity index (χ4n) is 4.29. The molecular formula is C27H25NO5. The van der Waals surface area contributed by atoms with Crippen LogP contribution in [-0.2, 0) is 13.1 Å². The monoisotopic (exact) mass is 443 g/mol. The number of ether oxygens (including phenoxy) is 4. The number of carbonyl (C=O) groups is 1. The molecule has 0 spiro atoms. The quantitative estimate of drug-likeness (QED) is 0.519. The van der Waals surface area contributed by atoms with E-state index in [2.05, 4.69) is 4.90 Å². The van der Waals surface area contributed by atoms with Crippen LogP contribution < -0.4 is 18.9 Å². The molecule has 0 aliphatic carbocycles. The van der Waals surface area contributed by atoms with Crippen molar-refractivity contribution in [3.05, 3.63) is 88.2 Å². The van der Waals surface area contributed by atoms with E-state index in [-0.39, 0.29) is 5.78 Å². The van der Waals surface area contributed by atoms with Crippen molar-refractivity contribution in [3.63, 3.8) is 0 Å². The Bertz CT molecular complexity index is 1250. The minimum Gasteiger partial charge on any atom is -0.497 e. The molecule has 3 aromatic carbocycles. The van der Waals surface area contributed by atoms with E-state index in [4.69, 9.17) is 18.9 Å². The van der Waals surface area contributed by atoms with Crippen LogP contribution in [-0.4, -0.2) is 31.6 Å². The number of allylic oxidation sites excluding steroid dienone is 1. The Morgan fingerprint density at radius 2 is 1.85 bits per heavy atom. The van der Waals surface area contributed by atoms with E-state index in [1.807, 2.05) is 61.5 Å². The Kier molecular flexibility index (Phi) is 5.52. The highest BCUT2D eigenvalue weighted by Gasteiger charge is 2.35. The standard InChI is InChI=1S/C27H25NO5/c1-17-12-23-21(15-28(16-32-23)14-18-8-10-20(30-2)11-9-18)27-25(17)26(29)24(33-27)13-19-6-4-5-7-22(19)31-3/h4-13H,14-16H2,1-3H3/b24-13-. The van der Waals surface area contributed by atoms with E-state index in [1.165, 1.54) is 0 Å². The van der Waals surface area contributed by atoms with Crippen molar-refractivity contribution < 1.29 is 23.7 Å². The SMILES string of the molecule is COc1ccc(CN2COc3cc(C)c4c(c3C2)O/C(=C\c2ccccc2OC)C4=O)cc1. The molecule has 0 atom stereocenters. The summed E-state index contributed by atoms with van der Waals surface area (Å²) in [6.45, 7) is 3.72. The molecule has 33 heavy (non-hydrogen) atoms. The second kappa shape index (κ2) is 8.64. The third-order valence-corrected chi connectivity index (χ3v) is 5.98. The van der Waals surface area contributed by atoms with Gasteiger partial charge < -0.3 is 18.9 Å². The fourth-order valence-corrected chi connectivity index (χ4v) is 4.29. The lowest BCUT2D eigenvalue weighted by Crippen LogP contribution is -2.31. The Morgan fingerprint density at radius 3 is 2.61 bits per heavy atom. The van der Waals surface area contributed by atoms with Crippen LogP contribution in [0.15, 0.2) is 60.4 Å². The number of para-hydroxylation sites is 1. The smallest absolute Gasteiger partial charge is 0.232 e. The molecule has 2 aliphatic rings. The number of benzene rings is 3. The summed E-state index contributed by atoms with van der Waals surface area (Å²) in [5.41, 5.74) is 4.29. The first kappa shape index (κ1) is 21.1. The van der Waals surface area contributed by atoms with Gasteiger partial charge in [0.2, 0.25) is 5.78 Å². The number of ketones is 1. The maximum Gasteiger partial charge on any atom is 0.232 e. The summed E-state index contributed by atoms with van der Waals surface area (Å²) in [5.74, 6) is 3.04. The van der Waals surface area contributed by atoms with Gasteiger partial charge >= 0.3 is 0 Å². The zero-order valence-electron chi connectivity index (χ0n) is 18.9. The molecule has 6 nitrogen and oxygen atoms in total. The molecule has 0 aromatic heterocycles. The van der Waals surface area contributed by atoms with Crippen molar-refractivity contribution in [2.45, 2.75) is 20.0 Å². The van der Waals surface area contributed by atoms with Gasteiger partial charge in [-0.1, -0.05) is 30.3 Å². The third kappa shape index (κ3) is 3.94. The third-order valence-electron chi connectivity index (χ3n) is 5.98. The van der Waals surface area contributed by atoms with Crippen molar-refractivity contribution in [2.24, 2.45) is 0 Å². The maximum atomic E-state index is 13.2. The highest BCUT2D eigenvalue weighted by molar-refractivity contribution is 6.16. The van der Waals surface area contributed by atoms with E-state index in [0.29, 0.717) is 42.6 Å². The van der Waals surface area contributed by atoms with Crippen molar-refractivity contribution in [3.8, 4) is 23.0 Å². The highest BCUT2D eigenvalue weighted by Crippen LogP contribution is 2.44. The number of hydrogen-bond acceptors (Lipinski definition) is 6. The van der Waals surface area contributed by atoms with Crippen LogP contribution in [0.2, 0.25) is 0 Å². The summed E-state index contributed by atoms with van der Waals surface area (Å²) in [6, 6.07) is 17.5. The molecule has 2 heterocycles. The van der Waals surface area contributed by atoms with Gasteiger partial charge in [0.15, 0.2) is 5.76 Å². The van der Waals surface area contributed by atoms with E-state index in [1.54, 1.807) is 20.3 Å². The number of hydrogen-bond donors (Lipinski definition) is 0. The first-order valence-corrected chi connectivity index (χ1v) is 10.8. The first-order valence-electron chi connectivity index (χ1n) is 10.8. The largest absolute Gasteiger partial charge is 0.497 e. The van der Waals surface area contributed by atoms with Gasteiger partial charge in [0.05, 0.1) is 25.3 Å². The van der Waals surface area contributed by atoms with Gasteiger partial charge in [0.1, 0.15) is 29.7 Å². The molecule has 5 rings (SSSR count). The van der Waals surface area contributed by atoms with E-state index in [0.717, 1.165) is 33.8 Å². The summed E-state index contributed by atoms with van der Waals surface area (Å²) in [5, 5.41) is 0. The molecule has 0 unspecified atom stereocenters. The normalized spacial score (nSPS) is 16.1. The van der Waals surface area contributed by atoms with Crippen LogP contribution in [0.1, 0.15) is 32.6 Å². The van der Waals surface area contributed by atoms with Crippen molar-refractivity contribution >= 4 is 11.9 Å². The summed E-state index contributed by atoms with van der Waals surface area (Å²) in [7, 11) is 3.27. The number of carbonyl (C=O) groups excluding carboxylic acids is 1. The molecule has 0 radical (unpaired) electrons. The van der Waals surface area contributed by atoms with Gasteiger partial charge in [-0.2, -0.15) is 0 Å². The van der Waals surface area contributed by atoms with Gasteiger partial charge in [0, 0.05) is 18.7 Å². The summed E-state index contributed by atoms with van der Waals surface area (Å²) < 4.78 is 22.9. The average Bonchev–Trinajstić information content (AvgIpc) is 3.17. The fraction of sp³-hybridized carbons (Fsp3) is 0.222. The molecule has 0 saturated carbocycles. The minimum atomic E-state index is -0.122. The maximum absolute atomic E-state index is 13.2. The van der Waals surface area contributed by atoms with Crippen LogP contribution >= 0.6 is 0 Å². The van der Waals surface area contributed by atoms with E-state index in [9.17, 15) is 4.79 Å². The van der Waals surface area contributed by atoms with E-state index < -0.39 is 0 Å². The zero-order valence-corrected chi connectivity index (χ0v) is 18.9. The van der Waals surface area contributed by atoms with Crippen LogP contribution in [0.5, 0.6) is 23.0 Å². The second-order valence-corrected chi connectivity index (χ2v) is 8.16. The lowest BCUT2D eigenvalue weighted by molar-refractivity contribution is 0.0872. The molecule has 0 saturated heterocycles. The molecule has 0 fully saturated rings. The van der Waals surface area contributed by atoms with Crippen LogP contribution in [0.25, 0.3) is 6.08 Å². The predicted octanol–water partition coefficient (Wildman–Crippen LogP) is 4.98. The lowest BCUT2D eigenvalue weighted by atomic mass is 9.98. The summed E-state index contributed by atoms with van der Waals surface area (Å²) >= 11 is 0. The van der Waals surface area contributed by atoms with Gasteiger partial charge in [0.25, 0.3) is 0 Å². The van der Waals surface area contributed by atoms with Crippen LogP contribution in [0.3, 0.4) is 0 Å². The summed E-state index contributed by atoms with van der Waals surface area (Å²) in [6.07, 6.45) is 1.74. The first-order chi connectivity index (χ1) is 16.1. The van der Waals surface area contributed by atoms with E-state index >= 15 is 0 Å². The van der Waals surface area contributed by atoms with Crippen molar-refractivity contribution in [1.29, 1.82) is 0 Å². The molecule has 0 amide bonds. The zero-order chi connectivity index (χ0) is 22.9. The number of Topliss-reactive ketones (excluding diaryl/α,β-unsaturated/α-hetero) is 1. The van der Waals surface area contributed by atoms with Crippen molar-refractivity contribution in [1.82, 2.24) is 4.90 Å². The Labute approximate surface area is 193 Å². The Morgan fingerprint density at radius 1 is 1.06 bits per heavy atom. The van der Waals surface area contributed by atoms with Crippen LogP contribution in [0, 0.1) is 6.92 Å². The molecule has 6 heteroatoms. The van der Waals surface area contributed by atoms with Gasteiger partial charge in [-0.3, -0.25) is 9.69 Å². The molecule has 0 N–H and O–H groups in total. The molecular weight excluding hydrogens is 418 g/mol. The number of aryl methyl sites for hydroxylation is 1. The molecule has 3 aromatic rings. The number of rotatable bonds is 5. The van der Waals surface area contributed by atoms with Gasteiger partial charge in [-0.25, -0.2) is 0 Å². The highest BCUT2D eigenvalue weighted by atomic mass is 16.5. The summed E-state index contributed by atoms with van der Waals surface area (Å²) in [4.78, 5) is 15.4. The molecule has 168 valence electrons. The minimum absolute atomic E-state index is 0.122. The topological polar surface area (TPSA) is 57.2 Å². The second-order valence-electron chi connectivity index (χ2n) is 8.16. The lowest BCUT2D eigenvalue weighted by Gasteiger charge is -2.30. The van der Waals surface area contributed by atoms with Gasteiger partial charge in [-0.05, 0) is 48.4 Å². The van der Waals surface area contributed by atoms with Crippen molar-refractivity contribution in [2.75, 3.05) is 21.0 Å². The van der Waals surface area contributed by atoms with Gasteiger partial charge in [-0.15, -0.1) is 0 Å². The number of nitrogens with zero attached hydrogens (tertiary/aromatic N) is 1. The molecule has 2 aliphatic heterocycles. The van der Waals surface area contributed by atoms with Crippen LogP contribution in [0.4, 0.5) is 0 Å². The molecule has 0 bridgehead atoms. The Hall–Kier alpha value is -3.77. The Balaban J connectivity index is 1.44.